The molecule has 0 aliphatic heterocycles. The van der Waals surface area contributed by atoms with Crippen LogP contribution in [0.3, 0.4) is 0 Å². The highest BCUT2D eigenvalue weighted by atomic mass is 16.4. The van der Waals surface area contributed by atoms with Crippen LogP contribution in [0.4, 0.5) is 0 Å². The monoisotopic (exact) mass is 427 g/mol. The second kappa shape index (κ2) is 12.1. The SMILES string of the molecule is [2H]N(CC(=O)N[C@@H](Cc1ccccc1)C(=O)O)C(=O)CNC(=O)[C@@H](N)Cc1ccccc1. The number of amides is 3. The van der Waals surface area contributed by atoms with Gasteiger partial charge in [-0.05, 0) is 17.5 Å². The Kier molecular flexibility index (Phi) is 8.57. The molecule has 9 nitrogen and oxygen atoms in total. The highest BCUT2D eigenvalue weighted by Gasteiger charge is 2.21. The molecule has 0 fully saturated rings. The molecule has 164 valence electrons. The maximum Gasteiger partial charge on any atom is 0.326 e. The Morgan fingerprint density at radius 1 is 0.871 bits per heavy atom. The van der Waals surface area contributed by atoms with Crippen molar-refractivity contribution in [1.29, 1.82) is 0 Å². The second-order valence-corrected chi connectivity index (χ2v) is 6.87. The van der Waals surface area contributed by atoms with Crippen molar-refractivity contribution >= 4 is 23.7 Å². The van der Waals surface area contributed by atoms with Crippen molar-refractivity contribution in [3.05, 3.63) is 71.8 Å². The van der Waals surface area contributed by atoms with Crippen LogP contribution < -0.4 is 21.7 Å². The molecular formula is C22H26N4O5. The van der Waals surface area contributed by atoms with Gasteiger partial charge >= 0.3 is 5.97 Å². The van der Waals surface area contributed by atoms with E-state index in [2.05, 4.69) is 10.6 Å². The van der Waals surface area contributed by atoms with E-state index < -0.39 is 48.9 Å². The van der Waals surface area contributed by atoms with Crippen molar-refractivity contribution in [2.45, 2.75) is 24.9 Å². The molecule has 0 aromatic heterocycles. The van der Waals surface area contributed by atoms with Gasteiger partial charge in [0.15, 0.2) is 1.41 Å². The number of nitrogens with one attached hydrogen (secondary N) is 3. The van der Waals surface area contributed by atoms with Gasteiger partial charge in [-0.15, -0.1) is 0 Å². The van der Waals surface area contributed by atoms with Gasteiger partial charge in [0.1, 0.15) is 6.04 Å². The lowest BCUT2D eigenvalue weighted by Gasteiger charge is -2.15. The van der Waals surface area contributed by atoms with E-state index in [-0.39, 0.29) is 12.8 Å². The van der Waals surface area contributed by atoms with Gasteiger partial charge in [0.2, 0.25) is 17.7 Å². The largest absolute Gasteiger partial charge is 0.480 e. The maximum atomic E-state index is 12.1. The number of hydrogen-bond donors (Lipinski definition) is 5. The Morgan fingerprint density at radius 2 is 1.42 bits per heavy atom. The molecule has 0 saturated carbocycles. The van der Waals surface area contributed by atoms with E-state index in [4.69, 9.17) is 7.15 Å². The van der Waals surface area contributed by atoms with E-state index in [1.165, 1.54) is 0 Å². The first-order valence-corrected chi connectivity index (χ1v) is 9.68. The molecule has 0 spiro atoms. The molecule has 6 N–H and O–H groups in total. The molecule has 0 unspecified atom stereocenters. The first-order valence-electron chi connectivity index (χ1n) is 10.1. The summed E-state index contributed by atoms with van der Waals surface area (Å²) >= 11 is 0. The highest BCUT2D eigenvalue weighted by Crippen LogP contribution is 2.04. The highest BCUT2D eigenvalue weighted by molar-refractivity contribution is 5.90. The molecule has 0 aliphatic carbocycles. The van der Waals surface area contributed by atoms with E-state index in [1.807, 2.05) is 30.3 Å². The summed E-state index contributed by atoms with van der Waals surface area (Å²) in [6.07, 6.45) is 0.342. The van der Waals surface area contributed by atoms with Crippen LogP contribution in [0.25, 0.3) is 0 Å². The van der Waals surface area contributed by atoms with E-state index in [0.717, 1.165) is 5.56 Å². The number of carbonyl (C=O) groups excluding carboxylic acids is 3. The van der Waals surface area contributed by atoms with Gasteiger partial charge in [0.25, 0.3) is 0 Å². The van der Waals surface area contributed by atoms with Crippen molar-refractivity contribution < 1.29 is 25.7 Å². The maximum absolute atomic E-state index is 12.1. The predicted octanol–water partition coefficient (Wildman–Crippen LogP) is -0.399. The summed E-state index contributed by atoms with van der Waals surface area (Å²) in [5.74, 6) is -3.43. The molecule has 0 saturated heterocycles. The van der Waals surface area contributed by atoms with Crippen LogP contribution >= 0.6 is 0 Å². The number of hydrogen-bond acceptors (Lipinski definition) is 5. The fourth-order valence-electron chi connectivity index (χ4n) is 2.76. The van der Waals surface area contributed by atoms with Crippen molar-refractivity contribution in [2.75, 3.05) is 13.1 Å². The van der Waals surface area contributed by atoms with Gasteiger partial charge in [-0.1, -0.05) is 60.7 Å². The van der Waals surface area contributed by atoms with Crippen molar-refractivity contribution in [3.8, 4) is 0 Å². The number of aliphatic carboxylic acids is 1. The van der Waals surface area contributed by atoms with Crippen LogP contribution in [0.1, 0.15) is 11.1 Å². The van der Waals surface area contributed by atoms with Crippen molar-refractivity contribution in [1.82, 2.24) is 15.9 Å². The Bertz CT molecular complexity index is 926. The van der Waals surface area contributed by atoms with Crippen LogP contribution in [0.5, 0.6) is 0 Å². The summed E-state index contributed by atoms with van der Waals surface area (Å²) in [7, 11) is 0. The second-order valence-electron chi connectivity index (χ2n) is 6.87. The van der Waals surface area contributed by atoms with Crippen molar-refractivity contribution in [2.24, 2.45) is 5.73 Å². The quantitative estimate of drug-likeness (QED) is 0.329. The third-order valence-electron chi connectivity index (χ3n) is 4.36. The zero-order chi connectivity index (χ0) is 23.5. The number of carbonyl (C=O) groups is 4. The van der Waals surface area contributed by atoms with Gasteiger partial charge in [-0.25, -0.2) is 4.79 Å². The molecule has 3 amide bonds. The minimum atomic E-state index is -1.23. The van der Waals surface area contributed by atoms with Gasteiger partial charge < -0.3 is 26.8 Å². The molecule has 2 atom stereocenters. The molecule has 2 aromatic rings. The third-order valence-corrected chi connectivity index (χ3v) is 4.36. The van der Waals surface area contributed by atoms with Crippen LogP contribution in [0, 0.1) is 0 Å². The molecule has 0 radical (unpaired) electrons. The Labute approximate surface area is 181 Å². The Hall–Kier alpha value is -3.72. The first-order chi connectivity index (χ1) is 15.3. The summed E-state index contributed by atoms with van der Waals surface area (Å²) in [4.78, 5) is 47.7. The van der Waals surface area contributed by atoms with Gasteiger partial charge in [-0.3, -0.25) is 14.4 Å². The number of benzene rings is 2. The van der Waals surface area contributed by atoms with E-state index in [9.17, 15) is 24.3 Å². The summed E-state index contributed by atoms with van der Waals surface area (Å²) in [6.45, 7) is -1.19. The standard InChI is InChI=1S/C22H26N4O5/c23-17(11-15-7-3-1-4-8-15)21(29)25-13-19(27)24-14-20(28)26-18(22(30)31)12-16-9-5-2-6-10-16/h1-10,17-18H,11-14,23H2,(H,24,27)(H,25,29)(H,26,28)(H,30,31)/t17-,18-/m0/s1/i/hD. The van der Waals surface area contributed by atoms with Gasteiger partial charge in [0.05, 0.1) is 19.1 Å². The molecule has 0 aliphatic rings. The number of carboxylic acids is 1. The van der Waals surface area contributed by atoms with Crippen LogP contribution in [-0.4, -0.2) is 54.0 Å². The number of rotatable bonds is 11. The molecular weight excluding hydrogens is 400 g/mol. The van der Waals surface area contributed by atoms with Gasteiger partial charge in [-0.2, -0.15) is 0 Å². The third kappa shape index (κ3) is 8.67. The molecule has 2 rings (SSSR count). The summed E-state index contributed by atoms with van der Waals surface area (Å²) in [6, 6.07) is 15.8. The predicted molar refractivity (Wildman–Crippen MR) is 114 cm³/mol. The van der Waals surface area contributed by atoms with E-state index >= 15 is 0 Å². The summed E-state index contributed by atoms with van der Waals surface area (Å²) < 4.78 is 7.71. The lowest BCUT2D eigenvalue weighted by molar-refractivity contribution is -0.141. The fourth-order valence-corrected chi connectivity index (χ4v) is 2.76. The topological polar surface area (TPSA) is 151 Å². The van der Waals surface area contributed by atoms with Crippen LogP contribution in [0.2, 0.25) is 1.41 Å². The first kappa shape index (κ1) is 22.0. The smallest absolute Gasteiger partial charge is 0.326 e. The summed E-state index contributed by atoms with van der Waals surface area (Å²) in [5.41, 5.74) is 7.42. The van der Waals surface area contributed by atoms with Crippen LogP contribution in [0.15, 0.2) is 60.7 Å². The molecule has 9 heteroatoms. The molecule has 2 aromatic carbocycles. The zero-order valence-electron chi connectivity index (χ0n) is 17.9. The summed E-state index contributed by atoms with van der Waals surface area (Å²) in [5, 5.41) is 14.3. The normalized spacial score (nSPS) is 12.7. The van der Waals surface area contributed by atoms with Gasteiger partial charge in [0, 0.05) is 6.42 Å². The lowest BCUT2D eigenvalue weighted by Crippen LogP contribution is -2.49. The fraction of sp³-hybridized carbons (Fsp3) is 0.273. The van der Waals surface area contributed by atoms with E-state index in [1.54, 1.807) is 30.3 Å². The molecule has 31 heavy (non-hydrogen) atoms. The number of carboxylic acid groups (broad SMARTS) is 1. The van der Waals surface area contributed by atoms with Crippen molar-refractivity contribution in [3.63, 3.8) is 0 Å². The molecule has 0 heterocycles. The molecule has 0 bridgehead atoms. The van der Waals surface area contributed by atoms with Crippen LogP contribution in [-0.2, 0) is 32.0 Å². The Morgan fingerprint density at radius 3 is 1.97 bits per heavy atom. The number of nitrogens with two attached hydrogens (primary N) is 1. The average Bonchev–Trinajstić information content (AvgIpc) is 2.77. The van der Waals surface area contributed by atoms with E-state index in [0.29, 0.717) is 10.9 Å². The lowest BCUT2D eigenvalue weighted by atomic mass is 10.1. The Balaban J connectivity index is 1.78. The minimum Gasteiger partial charge on any atom is -0.480 e. The average molecular weight is 427 g/mol. The minimum absolute atomic E-state index is 0.0587. The zero-order valence-corrected chi connectivity index (χ0v) is 16.9.